The highest BCUT2D eigenvalue weighted by molar-refractivity contribution is 5.75. The quantitative estimate of drug-likeness (QED) is 0.368. The molecule has 4 heteroatoms. The van der Waals surface area contributed by atoms with Gasteiger partial charge < -0.3 is 10.2 Å². The Hall–Kier alpha value is -1.84. The zero-order valence-corrected chi connectivity index (χ0v) is 22.5. The van der Waals surface area contributed by atoms with E-state index in [9.17, 15) is 14.7 Å². The van der Waals surface area contributed by atoms with Crippen molar-refractivity contribution in [2.75, 3.05) is 0 Å². The van der Waals surface area contributed by atoms with E-state index in [1.807, 2.05) is 13.8 Å². The third-order valence-electron chi connectivity index (χ3n) is 9.16. The Morgan fingerprint density at radius 1 is 1.18 bits per heavy atom. The van der Waals surface area contributed by atoms with Gasteiger partial charge in [-0.25, -0.2) is 0 Å². The lowest BCUT2D eigenvalue weighted by Gasteiger charge is -2.58. The molecule has 192 valence electrons. The lowest BCUT2D eigenvalue weighted by atomic mass is 9.45. The van der Waals surface area contributed by atoms with Gasteiger partial charge in [-0.2, -0.15) is 0 Å². The molecule has 2 N–H and O–H groups in total. The highest BCUT2D eigenvalue weighted by atomic mass is 16.4. The minimum atomic E-state index is -0.695. The van der Waals surface area contributed by atoms with Crippen LogP contribution in [0.3, 0.4) is 0 Å². The summed E-state index contributed by atoms with van der Waals surface area (Å²) >= 11 is 0. The van der Waals surface area contributed by atoms with Crippen LogP contribution < -0.4 is 0 Å². The summed E-state index contributed by atoms with van der Waals surface area (Å²) in [6, 6.07) is 0. The van der Waals surface area contributed by atoms with Crippen LogP contribution in [0.1, 0.15) is 106 Å². The largest absolute Gasteiger partial charge is 0.481 e. The number of hydrogen-bond donors (Lipinski definition) is 2. The van der Waals surface area contributed by atoms with Gasteiger partial charge in [-0.1, -0.05) is 56.6 Å². The van der Waals surface area contributed by atoms with Crippen LogP contribution in [0.25, 0.3) is 0 Å². The zero-order chi connectivity index (χ0) is 25.7. The Labute approximate surface area is 207 Å². The van der Waals surface area contributed by atoms with E-state index in [0.29, 0.717) is 5.92 Å². The molecule has 0 aliphatic heterocycles. The minimum absolute atomic E-state index is 0.165. The number of aliphatic carboxylic acids is 2. The molecule has 2 saturated carbocycles. The summed E-state index contributed by atoms with van der Waals surface area (Å²) in [6.45, 7) is 16.8. The summed E-state index contributed by atoms with van der Waals surface area (Å²) in [5, 5.41) is 18.3. The molecule has 0 amide bonds. The van der Waals surface area contributed by atoms with Crippen LogP contribution in [-0.2, 0) is 9.59 Å². The van der Waals surface area contributed by atoms with Crippen molar-refractivity contribution in [2.45, 2.75) is 106 Å². The maximum atomic E-state index is 11.9. The lowest BCUT2D eigenvalue weighted by Crippen LogP contribution is -2.53. The standard InChI is InChI=1S/C20H30O2.C10H18O2/c1-5-18(2)12-9-15-14(13-18)7-8-16-19(15,3)10-6-11-20(16,4)17(21)22;1-8(2)5-4-6-9(3)7-10(11)12/h5,7,15-16H,1,6,8-13H2,2-4H3,(H,21,22);5,9H,4,6-7H2,1-3H3,(H,11,12)/t15-,16+,18-,19+,20+;/m0./s1. The number of allylic oxidation sites excluding steroid dienone is 5. The van der Waals surface area contributed by atoms with Crippen LogP contribution in [0.4, 0.5) is 0 Å². The Bertz CT molecular complexity index is 820. The van der Waals surface area contributed by atoms with Gasteiger partial charge in [0.1, 0.15) is 0 Å². The van der Waals surface area contributed by atoms with E-state index in [-0.39, 0.29) is 29.1 Å². The van der Waals surface area contributed by atoms with Gasteiger partial charge in [0.2, 0.25) is 0 Å². The molecule has 3 aliphatic rings. The van der Waals surface area contributed by atoms with Gasteiger partial charge in [0.15, 0.2) is 0 Å². The average Bonchev–Trinajstić information content (AvgIpc) is 2.73. The molecule has 0 heterocycles. The maximum absolute atomic E-state index is 11.9. The summed E-state index contributed by atoms with van der Waals surface area (Å²) in [5.74, 6) is -0.129. The van der Waals surface area contributed by atoms with Gasteiger partial charge in [0.05, 0.1) is 5.41 Å². The van der Waals surface area contributed by atoms with E-state index in [0.717, 1.165) is 38.5 Å². The summed E-state index contributed by atoms with van der Waals surface area (Å²) in [7, 11) is 0. The summed E-state index contributed by atoms with van der Waals surface area (Å²) in [4.78, 5) is 22.2. The van der Waals surface area contributed by atoms with Crippen molar-refractivity contribution in [3.05, 3.63) is 36.0 Å². The summed E-state index contributed by atoms with van der Waals surface area (Å²) < 4.78 is 0. The number of rotatable bonds is 7. The zero-order valence-electron chi connectivity index (χ0n) is 22.5. The van der Waals surface area contributed by atoms with Crippen molar-refractivity contribution in [1.29, 1.82) is 0 Å². The van der Waals surface area contributed by atoms with Gasteiger partial charge in [-0.3, -0.25) is 9.59 Å². The fraction of sp³-hybridized carbons (Fsp3) is 0.733. The number of carbonyl (C=O) groups is 2. The highest BCUT2D eigenvalue weighted by Crippen LogP contribution is 2.63. The monoisotopic (exact) mass is 472 g/mol. The van der Waals surface area contributed by atoms with Crippen molar-refractivity contribution < 1.29 is 19.8 Å². The predicted octanol–water partition coefficient (Wildman–Crippen LogP) is 8.05. The average molecular weight is 473 g/mol. The molecular weight excluding hydrogens is 424 g/mol. The third-order valence-corrected chi connectivity index (χ3v) is 9.16. The van der Waals surface area contributed by atoms with Gasteiger partial charge in [0, 0.05) is 6.42 Å². The van der Waals surface area contributed by atoms with Gasteiger partial charge in [-0.05, 0) is 101 Å². The van der Waals surface area contributed by atoms with Crippen LogP contribution >= 0.6 is 0 Å². The van der Waals surface area contributed by atoms with Crippen molar-refractivity contribution in [1.82, 2.24) is 0 Å². The molecule has 34 heavy (non-hydrogen) atoms. The molecule has 3 rings (SSSR count). The van der Waals surface area contributed by atoms with Crippen molar-refractivity contribution in [3.63, 3.8) is 0 Å². The molecule has 0 spiro atoms. The fourth-order valence-electron chi connectivity index (χ4n) is 6.92. The van der Waals surface area contributed by atoms with Crippen LogP contribution in [0.2, 0.25) is 0 Å². The van der Waals surface area contributed by atoms with E-state index in [4.69, 9.17) is 5.11 Å². The Balaban J connectivity index is 0.000000292. The van der Waals surface area contributed by atoms with E-state index in [1.165, 1.54) is 24.8 Å². The summed E-state index contributed by atoms with van der Waals surface area (Å²) in [5.41, 5.74) is 2.74. The second-order valence-corrected chi connectivity index (χ2v) is 12.3. The first-order valence-corrected chi connectivity index (χ1v) is 13.2. The van der Waals surface area contributed by atoms with Crippen LogP contribution in [0.15, 0.2) is 36.0 Å². The molecule has 0 saturated heterocycles. The van der Waals surface area contributed by atoms with E-state index in [2.05, 4.69) is 52.5 Å². The van der Waals surface area contributed by atoms with E-state index in [1.54, 1.807) is 5.57 Å². The predicted molar refractivity (Wildman–Crippen MR) is 140 cm³/mol. The molecule has 3 aliphatic carbocycles. The van der Waals surface area contributed by atoms with E-state index >= 15 is 0 Å². The maximum Gasteiger partial charge on any atom is 0.309 e. The first-order valence-electron chi connectivity index (χ1n) is 13.2. The Kier molecular flexibility index (Phi) is 9.41. The molecule has 0 radical (unpaired) electrons. The molecule has 4 nitrogen and oxygen atoms in total. The second-order valence-electron chi connectivity index (χ2n) is 12.3. The highest BCUT2D eigenvalue weighted by Gasteiger charge is 2.58. The number of fused-ring (bicyclic) bond motifs is 3. The second kappa shape index (κ2) is 11.3. The molecular formula is C30H48O4. The van der Waals surface area contributed by atoms with Crippen molar-refractivity contribution in [2.24, 2.45) is 34.0 Å². The smallest absolute Gasteiger partial charge is 0.309 e. The van der Waals surface area contributed by atoms with E-state index < -0.39 is 17.4 Å². The third kappa shape index (κ3) is 6.43. The topological polar surface area (TPSA) is 74.6 Å². The molecule has 1 unspecified atom stereocenters. The molecule has 0 aromatic heterocycles. The van der Waals surface area contributed by atoms with Crippen LogP contribution in [-0.4, -0.2) is 22.2 Å². The lowest BCUT2D eigenvalue weighted by molar-refractivity contribution is -0.163. The Morgan fingerprint density at radius 3 is 2.41 bits per heavy atom. The molecule has 6 atom stereocenters. The first-order chi connectivity index (χ1) is 15.8. The van der Waals surface area contributed by atoms with Crippen molar-refractivity contribution in [3.8, 4) is 0 Å². The van der Waals surface area contributed by atoms with Crippen LogP contribution in [0, 0.1) is 34.0 Å². The fourth-order valence-corrected chi connectivity index (χ4v) is 6.92. The number of carboxylic acids is 2. The first kappa shape index (κ1) is 28.4. The molecule has 2 fully saturated rings. The minimum Gasteiger partial charge on any atom is -0.481 e. The molecule has 0 aromatic carbocycles. The van der Waals surface area contributed by atoms with Crippen LogP contribution in [0.5, 0.6) is 0 Å². The number of carboxylic acid groups (broad SMARTS) is 2. The molecule has 0 bridgehead atoms. The van der Waals surface area contributed by atoms with Gasteiger partial charge >= 0.3 is 11.9 Å². The number of hydrogen-bond acceptors (Lipinski definition) is 2. The SMILES string of the molecule is C=C[C@@]1(C)CC[C@H]2C(=CC[C@@H]3[C@]2(C)CCC[C@@]3(C)C(=O)O)C1.CC(C)=CCCC(C)CC(=O)O. The van der Waals surface area contributed by atoms with Crippen molar-refractivity contribution >= 4 is 11.9 Å². The van der Waals surface area contributed by atoms with Gasteiger partial charge in [0.25, 0.3) is 0 Å². The molecule has 0 aromatic rings. The Morgan fingerprint density at radius 2 is 1.85 bits per heavy atom. The normalized spacial score (nSPS) is 35.3. The van der Waals surface area contributed by atoms with Gasteiger partial charge in [-0.15, -0.1) is 6.58 Å². The summed E-state index contributed by atoms with van der Waals surface area (Å²) in [6.07, 6.45) is 16.4.